The van der Waals surface area contributed by atoms with E-state index in [9.17, 15) is 15.0 Å². The highest BCUT2D eigenvalue weighted by Gasteiger charge is 2.13. The average molecular weight is 287 g/mol. The van der Waals surface area contributed by atoms with E-state index in [0.717, 1.165) is 0 Å². The Morgan fingerprint density at radius 2 is 1.62 bits per heavy atom. The number of aromatic nitrogens is 1. The van der Waals surface area contributed by atoms with Crippen molar-refractivity contribution in [2.45, 2.75) is 20.8 Å². The molecule has 1 heterocycles. The largest absolute Gasteiger partial charge is 0.508 e. The Hall–Kier alpha value is -2.76. The van der Waals surface area contributed by atoms with Crippen LogP contribution in [0.5, 0.6) is 11.5 Å². The fraction of sp³-hybridized carbons (Fsp3) is 0.200. The summed E-state index contributed by atoms with van der Waals surface area (Å²) in [6.45, 7) is 5.21. The smallest absolute Gasteiger partial charge is 0.324 e. The number of carbonyl (C=O) groups is 1. The molecule has 0 aliphatic carbocycles. The lowest BCUT2D eigenvalue weighted by molar-refractivity contribution is 0.262. The van der Waals surface area contributed by atoms with Gasteiger partial charge in [-0.15, -0.1) is 0 Å². The molecule has 6 nitrogen and oxygen atoms in total. The van der Waals surface area contributed by atoms with Crippen molar-refractivity contribution in [2.75, 3.05) is 10.6 Å². The number of pyridine rings is 1. The van der Waals surface area contributed by atoms with Gasteiger partial charge in [0.05, 0.1) is 5.69 Å². The molecule has 0 fully saturated rings. The standard InChI is InChI=1S/C15H17N3O3/c1-8-9(2)14(16-10(3)13(8)20)18-15(21)17-11-4-6-12(19)7-5-11/h4-7,19-20H,1-3H3,(H2,16,17,18,21). The molecule has 0 bridgehead atoms. The Labute approximate surface area is 122 Å². The Morgan fingerprint density at radius 3 is 2.24 bits per heavy atom. The molecule has 0 atom stereocenters. The van der Waals surface area contributed by atoms with Crippen molar-refractivity contribution in [3.63, 3.8) is 0 Å². The van der Waals surface area contributed by atoms with Gasteiger partial charge in [-0.2, -0.15) is 0 Å². The van der Waals surface area contributed by atoms with Crippen LogP contribution in [0.25, 0.3) is 0 Å². The van der Waals surface area contributed by atoms with Gasteiger partial charge in [-0.3, -0.25) is 5.32 Å². The summed E-state index contributed by atoms with van der Waals surface area (Å²) in [6.07, 6.45) is 0. The minimum atomic E-state index is -0.444. The molecular formula is C15H17N3O3. The van der Waals surface area contributed by atoms with Crippen molar-refractivity contribution in [1.82, 2.24) is 4.98 Å². The van der Waals surface area contributed by atoms with Gasteiger partial charge in [0.25, 0.3) is 0 Å². The summed E-state index contributed by atoms with van der Waals surface area (Å²) in [7, 11) is 0. The number of urea groups is 1. The van der Waals surface area contributed by atoms with Gasteiger partial charge >= 0.3 is 6.03 Å². The third-order valence-electron chi connectivity index (χ3n) is 3.25. The van der Waals surface area contributed by atoms with Crippen molar-refractivity contribution in [3.8, 4) is 11.5 Å². The van der Waals surface area contributed by atoms with E-state index in [4.69, 9.17) is 0 Å². The number of nitrogens with one attached hydrogen (secondary N) is 2. The van der Waals surface area contributed by atoms with Crippen LogP contribution in [-0.4, -0.2) is 21.2 Å². The van der Waals surface area contributed by atoms with Gasteiger partial charge < -0.3 is 15.5 Å². The van der Waals surface area contributed by atoms with Crippen molar-refractivity contribution >= 4 is 17.5 Å². The molecule has 2 aromatic rings. The molecule has 21 heavy (non-hydrogen) atoms. The molecule has 2 rings (SSSR count). The number of nitrogens with zero attached hydrogens (tertiary/aromatic N) is 1. The van der Waals surface area contributed by atoms with E-state index in [2.05, 4.69) is 15.6 Å². The molecule has 110 valence electrons. The van der Waals surface area contributed by atoms with Gasteiger partial charge in [-0.25, -0.2) is 9.78 Å². The number of hydrogen-bond donors (Lipinski definition) is 4. The number of amides is 2. The van der Waals surface area contributed by atoms with Gasteiger partial charge in [0.2, 0.25) is 0 Å². The summed E-state index contributed by atoms with van der Waals surface area (Å²) in [4.78, 5) is 16.1. The zero-order chi connectivity index (χ0) is 15.6. The van der Waals surface area contributed by atoms with Gasteiger partial charge in [0, 0.05) is 5.69 Å². The first-order chi connectivity index (χ1) is 9.88. The van der Waals surface area contributed by atoms with Crippen LogP contribution in [0.15, 0.2) is 24.3 Å². The molecular weight excluding hydrogens is 270 g/mol. The molecule has 0 aliphatic heterocycles. The highest BCUT2D eigenvalue weighted by Crippen LogP contribution is 2.27. The van der Waals surface area contributed by atoms with Crippen molar-refractivity contribution in [3.05, 3.63) is 41.1 Å². The maximum absolute atomic E-state index is 11.9. The molecule has 0 spiro atoms. The van der Waals surface area contributed by atoms with E-state index in [0.29, 0.717) is 28.3 Å². The van der Waals surface area contributed by atoms with Crippen LogP contribution in [0.1, 0.15) is 16.8 Å². The molecule has 0 aliphatic rings. The fourth-order valence-electron chi connectivity index (χ4n) is 1.87. The minimum Gasteiger partial charge on any atom is -0.508 e. The number of benzene rings is 1. The normalized spacial score (nSPS) is 10.2. The Bertz CT molecular complexity index is 682. The number of carbonyl (C=O) groups excluding carboxylic acids is 1. The van der Waals surface area contributed by atoms with Crippen molar-refractivity contribution < 1.29 is 15.0 Å². The van der Waals surface area contributed by atoms with Crippen LogP contribution in [0.4, 0.5) is 16.3 Å². The second kappa shape index (κ2) is 5.70. The minimum absolute atomic E-state index is 0.128. The van der Waals surface area contributed by atoms with Gasteiger partial charge in [0.1, 0.15) is 17.3 Å². The third-order valence-corrected chi connectivity index (χ3v) is 3.25. The summed E-state index contributed by atoms with van der Waals surface area (Å²) >= 11 is 0. The highest BCUT2D eigenvalue weighted by atomic mass is 16.3. The zero-order valence-electron chi connectivity index (χ0n) is 12.1. The molecule has 0 radical (unpaired) electrons. The van der Waals surface area contributed by atoms with Gasteiger partial charge in [-0.05, 0) is 56.2 Å². The summed E-state index contributed by atoms with van der Waals surface area (Å²) < 4.78 is 0. The maximum atomic E-state index is 11.9. The Morgan fingerprint density at radius 1 is 1.00 bits per heavy atom. The molecule has 0 saturated heterocycles. The van der Waals surface area contributed by atoms with Gasteiger partial charge in [0.15, 0.2) is 0 Å². The van der Waals surface area contributed by atoms with E-state index in [1.54, 1.807) is 32.9 Å². The summed E-state index contributed by atoms with van der Waals surface area (Å²) in [5.41, 5.74) is 2.40. The Balaban J connectivity index is 2.15. The number of anilines is 2. The van der Waals surface area contributed by atoms with Crippen LogP contribution >= 0.6 is 0 Å². The number of aromatic hydroxyl groups is 2. The van der Waals surface area contributed by atoms with E-state index in [1.807, 2.05) is 0 Å². The summed E-state index contributed by atoms with van der Waals surface area (Å²) in [6, 6.07) is 5.69. The fourth-order valence-corrected chi connectivity index (χ4v) is 1.87. The second-order valence-electron chi connectivity index (χ2n) is 4.77. The van der Waals surface area contributed by atoms with Crippen molar-refractivity contribution in [1.29, 1.82) is 0 Å². The summed E-state index contributed by atoms with van der Waals surface area (Å²) in [5.74, 6) is 0.666. The number of phenols is 1. The van der Waals surface area contributed by atoms with Crippen LogP contribution in [0.2, 0.25) is 0 Å². The Kier molecular flexibility index (Phi) is 3.98. The first-order valence-electron chi connectivity index (χ1n) is 6.42. The highest BCUT2D eigenvalue weighted by molar-refractivity contribution is 5.99. The summed E-state index contributed by atoms with van der Waals surface area (Å²) in [5, 5.41) is 24.3. The SMILES string of the molecule is Cc1nc(NC(=O)Nc2ccc(O)cc2)c(C)c(C)c1O. The third kappa shape index (κ3) is 3.22. The molecule has 6 heteroatoms. The number of phenolic OH excluding ortho intramolecular Hbond substituents is 1. The second-order valence-corrected chi connectivity index (χ2v) is 4.77. The lowest BCUT2D eigenvalue weighted by Crippen LogP contribution is -2.21. The zero-order valence-corrected chi connectivity index (χ0v) is 12.1. The molecule has 0 saturated carbocycles. The van der Waals surface area contributed by atoms with Crippen LogP contribution < -0.4 is 10.6 Å². The van der Waals surface area contributed by atoms with Crippen LogP contribution in [0.3, 0.4) is 0 Å². The maximum Gasteiger partial charge on any atom is 0.324 e. The van der Waals surface area contributed by atoms with E-state index in [-0.39, 0.29) is 11.5 Å². The van der Waals surface area contributed by atoms with Crippen LogP contribution in [0, 0.1) is 20.8 Å². The monoisotopic (exact) mass is 287 g/mol. The first kappa shape index (κ1) is 14.6. The lowest BCUT2D eigenvalue weighted by atomic mass is 10.1. The van der Waals surface area contributed by atoms with E-state index < -0.39 is 6.03 Å². The predicted octanol–water partition coefficient (Wildman–Crippen LogP) is 3.06. The molecule has 1 aromatic carbocycles. The molecule has 4 N–H and O–H groups in total. The number of rotatable bonds is 2. The van der Waals surface area contributed by atoms with E-state index >= 15 is 0 Å². The van der Waals surface area contributed by atoms with Crippen molar-refractivity contribution in [2.24, 2.45) is 0 Å². The number of hydrogen-bond acceptors (Lipinski definition) is 4. The number of aryl methyl sites for hydroxylation is 1. The molecule has 1 aromatic heterocycles. The molecule has 2 amide bonds. The van der Waals surface area contributed by atoms with E-state index in [1.165, 1.54) is 12.1 Å². The topological polar surface area (TPSA) is 94.5 Å². The average Bonchev–Trinajstić information content (AvgIpc) is 2.45. The van der Waals surface area contributed by atoms with Gasteiger partial charge in [-0.1, -0.05) is 0 Å². The van der Waals surface area contributed by atoms with Crippen LogP contribution in [-0.2, 0) is 0 Å². The first-order valence-corrected chi connectivity index (χ1v) is 6.42. The molecule has 0 unspecified atom stereocenters. The quantitative estimate of drug-likeness (QED) is 0.638. The lowest BCUT2D eigenvalue weighted by Gasteiger charge is -2.13. The predicted molar refractivity (Wildman–Crippen MR) is 80.9 cm³/mol.